The molecule has 1 aliphatic rings. The molecule has 1 aliphatic carbocycles. The molecule has 0 radical (unpaired) electrons. The van der Waals surface area contributed by atoms with Gasteiger partial charge in [0, 0.05) is 20.2 Å². The van der Waals surface area contributed by atoms with Gasteiger partial charge in [0.05, 0.1) is 17.8 Å². The number of nitrogens with one attached hydrogen (secondary N) is 1. The second-order valence-electron chi connectivity index (χ2n) is 5.38. The van der Waals surface area contributed by atoms with E-state index in [1.165, 1.54) is 19.3 Å². The Morgan fingerprint density at radius 1 is 1.27 bits per heavy atom. The lowest BCUT2D eigenvalue weighted by molar-refractivity contribution is -0.0712. The van der Waals surface area contributed by atoms with Crippen LogP contribution in [-0.2, 0) is 9.47 Å². The quantitative estimate of drug-likeness (QED) is 0.687. The van der Waals surface area contributed by atoms with E-state index in [4.69, 9.17) is 9.47 Å². The second-order valence-corrected chi connectivity index (χ2v) is 5.38. The van der Waals surface area contributed by atoms with Crippen molar-refractivity contribution in [2.75, 3.05) is 26.8 Å². The van der Waals surface area contributed by atoms with Gasteiger partial charge in [-0.15, -0.1) is 0 Å². The highest BCUT2D eigenvalue weighted by Crippen LogP contribution is 2.34. The van der Waals surface area contributed by atoms with E-state index in [2.05, 4.69) is 26.1 Å². The standard InChI is InChI=1S/C12H25NO2/c1-11(2,3)15-9-8-13-10-12(14-4)6-5-7-12/h13H,5-10H2,1-4H3. The summed E-state index contributed by atoms with van der Waals surface area (Å²) in [7, 11) is 1.81. The smallest absolute Gasteiger partial charge is 0.0802 e. The fourth-order valence-electron chi connectivity index (χ4n) is 1.77. The molecule has 0 heterocycles. The molecule has 0 amide bonds. The van der Waals surface area contributed by atoms with Gasteiger partial charge in [0.1, 0.15) is 0 Å². The van der Waals surface area contributed by atoms with Gasteiger partial charge in [-0.25, -0.2) is 0 Å². The fraction of sp³-hybridized carbons (Fsp3) is 1.00. The zero-order valence-corrected chi connectivity index (χ0v) is 10.6. The van der Waals surface area contributed by atoms with Gasteiger partial charge in [0.15, 0.2) is 0 Å². The highest BCUT2D eigenvalue weighted by atomic mass is 16.5. The highest BCUT2D eigenvalue weighted by Gasteiger charge is 2.36. The molecule has 0 bridgehead atoms. The molecule has 0 aromatic rings. The number of hydrogen-bond donors (Lipinski definition) is 1. The van der Waals surface area contributed by atoms with Crippen LogP contribution in [0.2, 0.25) is 0 Å². The van der Waals surface area contributed by atoms with Crippen molar-refractivity contribution in [3.05, 3.63) is 0 Å². The van der Waals surface area contributed by atoms with Crippen LogP contribution in [0.15, 0.2) is 0 Å². The van der Waals surface area contributed by atoms with E-state index < -0.39 is 0 Å². The van der Waals surface area contributed by atoms with E-state index in [0.29, 0.717) is 0 Å². The number of hydrogen-bond acceptors (Lipinski definition) is 3. The molecule has 1 rings (SSSR count). The van der Waals surface area contributed by atoms with Crippen molar-refractivity contribution in [1.29, 1.82) is 0 Å². The predicted octanol–water partition coefficient (Wildman–Crippen LogP) is 1.96. The minimum atomic E-state index is -0.0307. The van der Waals surface area contributed by atoms with Crippen molar-refractivity contribution >= 4 is 0 Å². The third-order valence-corrected chi connectivity index (χ3v) is 2.96. The first-order chi connectivity index (χ1) is 6.97. The zero-order valence-electron chi connectivity index (χ0n) is 10.6. The van der Waals surface area contributed by atoms with Gasteiger partial charge >= 0.3 is 0 Å². The summed E-state index contributed by atoms with van der Waals surface area (Å²) >= 11 is 0. The van der Waals surface area contributed by atoms with E-state index in [1.807, 2.05) is 7.11 Å². The van der Waals surface area contributed by atoms with Crippen LogP contribution >= 0.6 is 0 Å². The Morgan fingerprint density at radius 3 is 2.33 bits per heavy atom. The summed E-state index contributed by atoms with van der Waals surface area (Å²) in [5, 5.41) is 3.40. The summed E-state index contributed by atoms with van der Waals surface area (Å²) in [4.78, 5) is 0. The topological polar surface area (TPSA) is 30.5 Å². The van der Waals surface area contributed by atoms with Gasteiger partial charge in [-0.2, -0.15) is 0 Å². The minimum absolute atomic E-state index is 0.0307. The molecular weight excluding hydrogens is 190 g/mol. The van der Waals surface area contributed by atoms with Gasteiger partial charge in [-0.05, 0) is 40.0 Å². The Bertz CT molecular complexity index is 177. The average Bonchev–Trinajstić information content (AvgIpc) is 2.06. The van der Waals surface area contributed by atoms with Crippen molar-refractivity contribution in [1.82, 2.24) is 5.32 Å². The molecule has 0 aromatic carbocycles. The lowest BCUT2D eigenvalue weighted by Crippen LogP contribution is -2.48. The Hall–Kier alpha value is -0.120. The molecule has 3 heteroatoms. The van der Waals surface area contributed by atoms with Crippen LogP contribution in [0.25, 0.3) is 0 Å². The maximum Gasteiger partial charge on any atom is 0.0802 e. The molecule has 0 aromatic heterocycles. The van der Waals surface area contributed by atoms with Gasteiger partial charge < -0.3 is 14.8 Å². The molecule has 3 nitrogen and oxygen atoms in total. The van der Waals surface area contributed by atoms with Crippen LogP contribution in [0, 0.1) is 0 Å². The lowest BCUT2D eigenvalue weighted by atomic mass is 9.80. The van der Waals surface area contributed by atoms with Crippen LogP contribution < -0.4 is 5.32 Å². The summed E-state index contributed by atoms with van der Waals surface area (Å²) in [6.07, 6.45) is 3.68. The summed E-state index contributed by atoms with van der Waals surface area (Å²) in [5.74, 6) is 0. The Morgan fingerprint density at radius 2 is 1.93 bits per heavy atom. The molecular formula is C12H25NO2. The van der Waals surface area contributed by atoms with E-state index in [9.17, 15) is 0 Å². The number of ether oxygens (including phenoxy) is 2. The predicted molar refractivity (Wildman–Crippen MR) is 62.2 cm³/mol. The molecule has 0 atom stereocenters. The first-order valence-electron chi connectivity index (χ1n) is 5.87. The van der Waals surface area contributed by atoms with Gasteiger partial charge in [0.2, 0.25) is 0 Å². The molecule has 0 saturated heterocycles. The third-order valence-electron chi connectivity index (χ3n) is 2.96. The van der Waals surface area contributed by atoms with Crippen LogP contribution in [0.4, 0.5) is 0 Å². The molecule has 0 unspecified atom stereocenters. The van der Waals surface area contributed by atoms with Crippen LogP contribution in [0.5, 0.6) is 0 Å². The lowest BCUT2D eigenvalue weighted by Gasteiger charge is -2.40. The third kappa shape index (κ3) is 4.49. The molecule has 1 N–H and O–H groups in total. The van der Waals surface area contributed by atoms with E-state index in [0.717, 1.165) is 19.7 Å². The summed E-state index contributed by atoms with van der Waals surface area (Å²) in [6, 6.07) is 0. The Kier molecular flexibility index (Phi) is 4.56. The molecule has 1 fully saturated rings. The Labute approximate surface area is 93.5 Å². The van der Waals surface area contributed by atoms with Crippen molar-refractivity contribution in [3.63, 3.8) is 0 Å². The highest BCUT2D eigenvalue weighted by molar-refractivity contribution is 4.91. The second kappa shape index (κ2) is 5.28. The SMILES string of the molecule is COC1(CNCCOC(C)(C)C)CCC1. The van der Waals surface area contributed by atoms with Crippen molar-refractivity contribution in [2.45, 2.75) is 51.2 Å². The van der Waals surface area contributed by atoms with Crippen LogP contribution in [0.3, 0.4) is 0 Å². The molecule has 0 spiro atoms. The zero-order chi connectivity index (χ0) is 11.4. The number of rotatable bonds is 6. The number of methoxy groups -OCH3 is 1. The maximum absolute atomic E-state index is 5.63. The van der Waals surface area contributed by atoms with Crippen LogP contribution in [0.1, 0.15) is 40.0 Å². The normalized spacial score (nSPS) is 20.0. The largest absolute Gasteiger partial charge is 0.377 e. The summed E-state index contributed by atoms with van der Waals surface area (Å²) in [6.45, 7) is 8.86. The molecule has 90 valence electrons. The maximum atomic E-state index is 5.63. The first kappa shape index (κ1) is 12.9. The molecule has 0 aliphatic heterocycles. The molecule has 1 saturated carbocycles. The van der Waals surface area contributed by atoms with E-state index in [1.54, 1.807) is 0 Å². The summed E-state index contributed by atoms with van der Waals surface area (Å²) < 4.78 is 11.1. The minimum Gasteiger partial charge on any atom is -0.377 e. The molecule has 15 heavy (non-hydrogen) atoms. The average molecular weight is 215 g/mol. The monoisotopic (exact) mass is 215 g/mol. The van der Waals surface area contributed by atoms with Gasteiger partial charge in [-0.1, -0.05) is 0 Å². The van der Waals surface area contributed by atoms with Crippen molar-refractivity contribution < 1.29 is 9.47 Å². The van der Waals surface area contributed by atoms with Crippen LogP contribution in [-0.4, -0.2) is 38.0 Å². The fourth-order valence-corrected chi connectivity index (χ4v) is 1.77. The summed E-state index contributed by atoms with van der Waals surface area (Å²) in [5.41, 5.74) is 0.0961. The van der Waals surface area contributed by atoms with E-state index >= 15 is 0 Å². The van der Waals surface area contributed by atoms with Gasteiger partial charge in [-0.3, -0.25) is 0 Å². The van der Waals surface area contributed by atoms with E-state index in [-0.39, 0.29) is 11.2 Å². The Balaban J connectivity index is 2.02. The van der Waals surface area contributed by atoms with Gasteiger partial charge in [0.25, 0.3) is 0 Å². The first-order valence-corrected chi connectivity index (χ1v) is 5.87. The van der Waals surface area contributed by atoms with Crippen molar-refractivity contribution in [3.8, 4) is 0 Å². The van der Waals surface area contributed by atoms with Crippen molar-refractivity contribution in [2.24, 2.45) is 0 Å².